The lowest BCUT2D eigenvalue weighted by Crippen LogP contribution is -2.05. The van der Waals surface area contributed by atoms with Crippen molar-refractivity contribution in [2.45, 2.75) is 78.1 Å². The van der Waals surface area contributed by atoms with Crippen LogP contribution in [-0.4, -0.2) is 32.2 Å². The third-order valence-electron chi connectivity index (χ3n) is 6.23. The molecule has 0 aromatic heterocycles. The molecule has 3 rings (SSSR count). The number of carbonyl (C=O) groups excluding carboxylic acids is 1. The van der Waals surface area contributed by atoms with Crippen LogP contribution in [0.4, 0.5) is 0 Å². The number of cyclic esters (lactones) is 1. The minimum Gasteiger partial charge on any atom is -0.494 e. The van der Waals surface area contributed by atoms with Gasteiger partial charge >= 0.3 is 5.97 Å². The summed E-state index contributed by atoms with van der Waals surface area (Å²) in [6.07, 6.45) is 13.6. The number of carbonyl (C=O) groups is 1. The number of methoxy groups -OCH3 is 1. The van der Waals surface area contributed by atoms with E-state index in [2.05, 4.69) is 18.8 Å². The highest BCUT2D eigenvalue weighted by Crippen LogP contribution is 2.30. The molecule has 6 nitrogen and oxygen atoms in total. The molecule has 1 heterocycles. The number of ether oxygens (including phenoxy) is 4. The molecule has 0 unspecified atom stereocenters. The Balaban J connectivity index is 1.57. The van der Waals surface area contributed by atoms with Crippen molar-refractivity contribution < 1.29 is 23.7 Å². The van der Waals surface area contributed by atoms with Crippen LogP contribution in [0.3, 0.4) is 0 Å². The van der Waals surface area contributed by atoms with Gasteiger partial charge in [-0.15, -0.1) is 0 Å². The molecule has 0 aliphatic carbocycles. The molecule has 1 aliphatic heterocycles. The number of esters is 1. The Kier molecular flexibility index (Phi) is 12.0. The van der Waals surface area contributed by atoms with Gasteiger partial charge in [0.1, 0.15) is 5.75 Å². The second kappa shape index (κ2) is 15.7. The number of nitrogens with zero attached hydrogens (tertiary/aromatic N) is 1. The van der Waals surface area contributed by atoms with Crippen molar-refractivity contribution in [2.75, 3.05) is 20.3 Å². The van der Waals surface area contributed by atoms with Crippen LogP contribution >= 0.6 is 0 Å². The van der Waals surface area contributed by atoms with Crippen molar-refractivity contribution in [1.82, 2.24) is 0 Å². The van der Waals surface area contributed by atoms with E-state index in [1.165, 1.54) is 51.4 Å². The maximum atomic E-state index is 12.5. The van der Waals surface area contributed by atoms with Crippen LogP contribution in [0.5, 0.6) is 17.2 Å². The summed E-state index contributed by atoms with van der Waals surface area (Å²) in [5.41, 5.74) is 1.76. The first kappa shape index (κ1) is 28.3. The van der Waals surface area contributed by atoms with E-state index in [4.69, 9.17) is 18.9 Å². The summed E-state index contributed by atoms with van der Waals surface area (Å²) >= 11 is 0. The summed E-state index contributed by atoms with van der Waals surface area (Å²) in [5.74, 6) is 1.93. The molecule has 0 fully saturated rings. The summed E-state index contributed by atoms with van der Waals surface area (Å²) in [7, 11) is 1.61. The normalized spacial score (nSPS) is 14.0. The van der Waals surface area contributed by atoms with Crippen LogP contribution in [-0.2, 0) is 9.53 Å². The van der Waals surface area contributed by atoms with E-state index in [9.17, 15) is 4.79 Å². The summed E-state index contributed by atoms with van der Waals surface area (Å²) in [5, 5.41) is 0. The minimum absolute atomic E-state index is 0.244. The summed E-state index contributed by atoms with van der Waals surface area (Å²) in [4.78, 5) is 16.9. The van der Waals surface area contributed by atoms with Crippen LogP contribution in [0.15, 0.2) is 53.2 Å². The first-order chi connectivity index (χ1) is 18.1. The number of aliphatic imine (C=N–C) groups is 1. The maximum absolute atomic E-state index is 12.5. The molecule has 0 saturated carbocycles. The molecule has 2 aromatic rings. The highest BCUT2D eigenvalue weighted by molar-refractivity contribution is 6.12. The van der Waals surface area contributed by atoms with E-state index < -0.39 is 5.97 Å². The Labute approximate surface area is 221 Å². The Hall–Kier alpha value is -3.28. The molecule has 1 aliphatic rings. The standard InChI is InChI=1S/C31H41NO5/c1-4-6-8-10-11-13-21-36-28-19-14-24(23-29(28)34-3)22-27-31(33)37-30(32-27)25-15-17-26(18-16-25)35-20-12-9-7-5-2/h14-19,22-23H,4-13,20-21H2,1-3H3/b27-22-. The fraction of sp³-hybridized carbons (Fsp3) is 0.484. The SMILES string of the molecule is CCCCCCCCOc1ccc(/C=C2\N=C(c3ccc(OCCCCCC)cc3)OC2=O)cc1OC. The van der Waals surface area contributed by atoms with Crippen molar-refractivity contribution in [3.05, 3.63) is 59.3 Å². The minimum atomic E-state index is -0.478. The molecule has 2 aromatic carbocycles. The largest absolute Gasteiger partial charge is 0.494 e. The van der Waals surface area contributed by atoms with E-state index in [1.807, 2.05) is 42.5 Å². The lowest BCUT2D eigenvalue weighted by molar-refractivity contribution is -0.129. The van der Waals surface area contributed by atoms with Crippen LogP contribution in [0.1, 0.15) is 89.2 Å². The number of rotatable bonds is 17. The molecule has 0 amide bonds. The molecule has 0 saturated heterocycles. The van der Waals surface area contributed by atoms with Crippen LogP contribution in [0.25, 0.3) is 6.08 Å². The van der Waals surface area contributed by atoms with Crippen molar-refractivity contribution in [3.8, 4) is 17.2 Å². The molecular formula is C31H41NO5. The Morgan fingerprint density at radius 1 is 0.784 bits per heavy atom. The number of unbranched alkanes of at least 4 members (excludes halogenated alkanes) is 8. The maximum Gasteiger partial charge on any atom is 0.363 e. The molecule has 0 atom stereocenters. The number of benzene rings is 2. The van der Waals surface area contributed by atoms with Crippen molar-refractivity contribution in [3.63, 3.8) is 0 Å². The molecule has 37 heavy (non-hydrogen) atoms. The molecule has 0 spiro atoms. The van der Waals surface area contributed by atoms with E-state index in [-0.39, 0.29) is 11.6 Å². The van der Waals surface area contributed by atoms with Gasteiger partial charge in [0.2, 0.25) is 5.90 Å². The van der Waals surface area contributed by atoms with Gasteiger partial charge in [0.05, 0.1) is 20.3 Å². The first-order valence-corrected chi connectivity index (χ1v) is 13.7. The zero-order valence-corrected chi connectivity index (χ0v) is 22.6. The van der Waals surface area contributed by atoms with E-state index in [0.29, 0.717) is 24.7 Å². The van der Waals surface area contributed by atoms with E-state index in [1.54, 1.807) is 13.2 Å². The van der Waals surface area contributed by atoms with Crippen LogP contribution in [0.2, 0.25) is 0 Å². The van der Waals surface area contributed by atoms with Gasteiger partial charge in [-0.3, -0.25) is 0 Å². The van der Waals surface area contributed by atoms with Crippen LogP contribution < -0.4 is 14.2 Å². The van der Waals surface area contributed by atoms with E-state index in [0.717, 1.165) is 29.7 Å². The number of hydrogen-bond donors (Lipinski definition) is 0. The Morgan fingerprint density at radius 3 is 2.14 bits per heavy atom. The highest BCUT2D eigenvalue weighted by Gasteiger charge is 2.24. The number of hydrogen-bond acceptors (Lipinski definition) is 6. The molecule has 6 heteroatoms. The average molecular weight is 508 g/mol. The molecular weight excluding hydrogens is 466 g/mol. The van der Waals surface area contributed by atoms with Crippen molar-refractivity contribution >= 4 is 17.9 Å². The Bertz CT molecular complexity index is 1040. The monoisotopic (exact) mass is 507 g/mol. The molecule has 0 bridgehead atoms. The van der Waals surface area contributed by atoms with Gasteiger partial charge < -0.3 is 18.9 Å². The van der Waals surface area contributed by atoms with E-state index >= 15 is 0 Å². The third kappa shape index (κ3) is 9.27. The van der Waals surface area contributed by atoms with Gasteiger partial charge in [0.15, 0.2) is 17.2 Å². The van der Waals surface area contributed by atoms with Crippen LogP contribution in [0, 0.1) is 0 Å². The van der Waals surface area contributed by atoms with Crippen molar-refractivity contribution in [1.29, 1.82) is 0 Å². The molecule has 0 N–H and O–H groups in total. The highest BCUT2D eigenvalue weighted by atomic mass is 16.6. The molecule has 0 radical (unpaired) electrons. The smallest absolute Gasteiger partial charge is 0.363 e. The van der Waals surface area contributed by atoms with Gasteiger partial charge in [0, 0.05) is 5.56 Å². The lowest BCUT2D eigenvalue weighted by atomic mass is 10.1. The topological polar surface area (TPSA) is 66.3 Å². The zero-order valence-electron chi connectivity index (χ0n) is 22.6. The van der Waals surface area contributed by atoms with Gasteiger partial charge in [-0.2, -0.15) is 0 Å². The fourth-order valence-corrected chi connectivity index (χ4v) is 4.06. The quantitative estimate of drug-likeness (QED) is 0.124. The summed E-state index contributed by atoms with van der Waals surface area (Å²) in [6.45, 7) is 5.78. The van der Waals surface area contributed by atoms with Gasteiger partial charge in [-0.25, -0.2) is 9.79 Å². The second-order valence-corrected chi connectivity index (χ2v) is 9.30. The molecule has 200 valence electrons. The second-order valence-electron chi connectivity index (χ2n) is 9.30. The third-order valence-corrected chi connectivity index (χ3v) is 6.23. The average Bonchev–Trinajstić information content (AvgIpc) is 3.28. The van der Waals surface area contributed by atoms with Gasteiger partial charge in [-0.05, 0) is 60.9 Å². The predicted octanol–water partition coefficient (Wildman–Crippen LogP) is 7.74. The fourth-order valence-electron chi connectivity index (χ4n) is 4.06. The summed E-state index contributed by atoms with van der Waals surface area (Å²) in [6, 6.07) is 13.1. The summed E-state index contributed by atoms with van der Waals surface area (Å²) < 4.78 is 22.7. The lowest BCUT2D eigenvalue weighted by Gasteiger charge is -2.11. The Morgan fingerprint density at radius 2 is 1.43 bits per heavy atom. The van der Waals surface area contributed by atoms with Crippen molar-refractivity contribution in [2.24, 2.45) is 4.99 Å². The first-order valence-electron chi connectivity index (χ1n) is 13.7. The van der Waals surface area contributed by atoms with Gasteiger partial charge in [-0.1, -0.05) is 71.3 Å². The predicted molar refractivity (Wildman–Crippen MR) is 149 cm³/mol. The van der Waals surface area contributed by atoms with Gasteiger partial charge in [0.25, 0.3) is 0 Å². The zero-order chi connectivity index (χ0) is 26.3.